The first-order valence-electron chi connectivity index (χ1n) is 13.2. The van der Waals surface area contributed by atoms with Crippen molar-refractivity contribution in [2.75, 3.05) is 14.2 Å². The molecule has 1 saturated carbocycles. The first-order valence-corrected chi connectivity index (χ1v) is 13.2. The van der Waals surface area contributed by atoms with E-state index in [1.54, 1.807) is 23.8 Å². The number of ether oxygens (including phenoxy) is 2. The minimum atomic E-state index is -0.870. The quantitative estimate of drug-likeness (QED) is 0.331. The van der Waals surface area contributed by atoms with Crippen molar-refractivity contribution < 1.29 is 19.1 Å². The van der Waals surface area contributed by atoms with E-state index in [-0.39, 0.29) is 30.9 Å². The van der Waals surface area contributed by atoms with Gasteiger partial charge in [0.15, 0.2) is 0 Å². The molecule has 1 aliphatic rings. The van der Waals surface area contributed by atoms with E-state index in [1.165, 1.54) is 0 Å². The van der Waals surface area contributed by atoms with Crippen LogP contribution in [0.2, 0.25) is 0 Å². The van der Waals surface area contributed by atoms with Gasteiger partial charge in [0.25, 0.3) is 0 Å². The predicted molar refractivity (Wildman–Crippen MR) is 147 cm³/mol. The van der Waals surface area contributed by atoms with Crippen LogP contribution >= 0.6 is 0 Å². The molecule has 1 heterocycles. The Kier molecular flexibility index (Phi) is 8.05. The largest absolute Gasteiger partial charge is 0.497 e. The van der Waals surface area contributed by atoms with Crippen LogP contribution in [0.5, 0.6) is 11.5 Å². The minimum Gasteiger partial charge on any atom is -0.497 e. The van der Waals surface area contributed by atoms with Crippen LogP contribution in [0.25, 0.3) is 11.0 Å². The molecule has 0 unspecified atom stereocenters. The maximum atomic E-state index is 14.1. The van der Waals surface area contributed by atoms with Crippen molar-refractivity contribution in [2.24, 2.45) is 0 Å². The molecular formula is C30H33N5O4. The molecule has 1 atom stereocenters. The molecule has 0 bridgehead atoms. The number of nitrogens with one attached hydrogen (secondary N) is 1. The SMILES string of the molecule is COc1ccc(CN(C(=O)Cn2nnc3ccccc32)[C@@H](C(=O)NC2CCCC2)c2cccc(OC)c2)cc1. The fourth-order valence-electron chi connectivity index (χ4n) is 5.14. The third-order valence-corrected chi connectivity index (χ3v) is 7.21. The standard InChI is InChI=1S/C30H33N5O4/c1-38-24-16-14-21(15-17-24)19-34(28(36)20-35-27-13-6-5-12-26(27)32-33-35)29(22-8-7-11-25(18-22)39-2)30(37)31-23-9-3-4-10-23/h5-8,11-18,23,29H,3-4,9-10,19-20H2,1-2H3,(H,31,37)/t29-/m1/s1. The number of amides is 2. The highest BCUT2D eigenvalue weighted by molar-refractivity contribution is 5.89. The normalized spacial score (nSPS) is 14.2. The zero-order valence-corrected chi connectivity index (χ0v) is 22.2. The van der Waals surface area contributed by atoms with Gasteiger partial charge in [0.2, 0.25) is 11.8 Å². The smallest absolute Gasteiger partial charge is 0.247 e. The van der Waals surface area contributed by atoms with E-state index in [4.69, 9.17) is 9.47 Å². The molecule has 0 spiro atoms. The van der Waals surface area contributed by atoms with Crippen molar-refractivity contribution in [1.82, 2.24) is 25.2 Å². The van der Waals surface area contributed by atoms with Gasteiger partial charge in [0.1, 0.15) is 29.6 Å². The summed E-state index contributed by atoms with van der Waals surface area (Å²) in [6.07, 6.45) is 4.05. The predicted octanol–water partition coefficient (Wildman–Crippen LogP) is 4.28. The van der Waals surface area contributed by atoms with Gasteiger partial charge in [-0.2, -0.15) is 0 Å². The van der Waals surface area contributed by atoms with Gasteiger partial charge in [-0.05, 0) is 60.4 Å². The maximum absolute atomic E-state index is 14.1. The van der Waals surface area contributed by atoms with Crippen molar-refractivity contribution in [3.63, 3.8) is 0 Å². The molecule has 0 aliphatic heterocycles. The van der Waals surface area contributed by atoms with Crippen molar-refractivity contribution in [1.29, 1.82) is 0 Å². The first-order chi connectivity index (χ1) is 19.1. The molecule has 202 valence electrons. The van der Waals surface area contributed by atoms with Crippen molar-refractivity contribution in [3.05, 3.63) is 83.9 Å². The van der Waals surface area contributed by atoms with Gasteiger partial charge in [-0.25, -0.2) is 4.68 Å². The van der Waals surface area contributed by atoms with Crippen molar-refractivity contribution in [3.8, 4) is 11.5 Å². The molecule has 1 fully saturated rings. The Balaban J connectivity index is 1.53. The van der Waals surface area contributed by atoms with E-state index in [2.05, 4.69) is 15.6 Å². The Bertz CT molecular complexity index is 1430. The fourth-order valence-corrected chi connectivity index (χ4v) is 5.14. The van der Waals surface area contributed by atoms with Gasteiger partial charge in [-0.15, -0.1) is 5.10 Å². The van der Waals surface area contributed by atoms with Crippen LogP contribution in [0.1, 0.15) is 42.9 Å². The molecule has 1 aromatic heterocycles. The number of methoxy groups -OCH3 is 2. The van der Waals surface area contributed by atoms with Gasteiger partial charge in [0, 0.05) is 12.6 Å². The Morgan fingerprint density at radius 2 is 1.72 bits per heavy atom. The molecular weight excluding hydrogens is 494 g/mol. The van der Waals surface area contributed by atoms with E-state index in [0.29, 0.717) is 22.6 Å². The number of para-hydroxylation sites is 1. The minimum absolute atomic E-state index is 0.0617. The lowest BCUT2D eigenvalue weighted by Crippen LogP contribution is -2.46. The highest BCUT2D eigenvalue weighted by Crippen LogP contribution is 2.29. The Morgan fingerprint density at radius 1 is 0.974 bits per heavy atom. The van der Waals surface area contributed by atoms with Gasteiger partial charge < -0.3 is 19.7 Å². The summed E-state index contributed by atoms with van der Waals surface area (Å²) < 4.78 is 12.4. The lowest BCUT2D eigenvalue weighted by molar-refractivity contribution is -0.142. The molecule has 1 N–H and O–H groups in total. The third-order valence-electron chi connectivity index (χ3n) is 7.21. The van der Waals surface area contributed by atoms with E-state index < -0.39 is 6.04 Å². The zero-order valence-electron chi connectivity index (χ0n) is 22.2. The summed E-state index contributed by atoms with van der Waals surface area (Å²) in [4.78, 5) is 29.7. The molecule has 9 heteroatoms. The molecule has 1 aliphatic carbocycles. The van der Waals surface area contributed by atoms with E-state index >= 15 is 0 Å². The summed E-state index contributed by atoms with van der Waals surface area (Å²) in [6, 6.07) is 21.6. The van der Waals surface area contributed by atoms with Crippen molar-refractivity contribution >= 4 is 22.8 Å². The van der Waals surface area contributed by atoms with Crippen LogP contribution in [-0.4, -0.2) is 52.0 Å². The molecule has 4 aromatic rings. The van der Waals surface area contributed by atoms with E-state index in [9.17, 15) is 9.59 Å². The second-order valence-corrected chi connectivity index (χ2v) is 9.77. The molecule has 9 nitrogen and oxygen atoms in total. The number of aromatic nitrogens is 3. The number of nitrogens with zero attached hydrogens (tertiary/aromatic N) is 4. The monoisotopic (exact) mass is 527 g/mol. The van der Waals surface area contributed by atoms with Crippen LogP contribution in [0.15, 0.2) is 72.8 Å². The van der Waals surface area contributed by atoms with Crippen molar-refractivity contribution in [2.45, 2.75) is 50.9 Å². The molecule has 3 aromatic carbocycles. The van der Waals surface area contributed by atoms with E-state index in [1.807, 2.05) is 72.8 Å². The highest BCUT2D eigenvalue weighted by atomic mass is 16.5. The van der Waals surface area contributed by atoms with Crippen LogP contribution in [0, 0.1) is 0 Å². The summed E-state index contributed by atoms with van der Waals surface area (Å²) >= 11 is 0. The van der Waals surface area contributed by atoms with Crippen LogP contribution in [0.4, 0.5) is 0 Å². The van der Waals surface area contributed by atoms with Crippen LogP contribution in [0.3, 0.4) is 0 Å². The Hall–Kier alpha value is -4.40. The maximum Gasteiger partial charge on any atom is 0.247 e. The van der Waals surface area contributed by atoms with Gasteiger partial charge in [-0.1, -0.05) is 54.5 Å². The Morgan fingerprint density at radius 3 is 2.46 bits per heavy atom. The van der Waals surface area contributed by atoms with Gasteiger partial charge in [-0.3, -0.25) is 9.59 Å². The number of hydrogen-bond acceptors (Lipinski definition) is 6. The van der Waals surface area contributed by atoms with E-state index in [0.717, 1.165) is 36.8 Å². The second kappa shape index (κ2) is 12.0. The number of carbonyl (C=O) groups is 2. The van der Waals surface area contributed by atoms with Gasteiger partial charge in [0.05, 0.1) is 19.7 Å². The lowest BCUT2D eigenvalue weighted by Gasteiger charge is -2.32. The molecule has 5 rings (SSSR count). The average molecular weight is 528 g/mol. The van der Waals surface area contributed by atoms with Gasteiger partial charge >= 0.3 is 0 Å². The number of fused-ring (bicyclic) bond motifs is 1. The summed E-state index contributed by atoms with van der Waals surface area (Å²) in [7, 11) is 3.20. The van der Waals surface area contributed by atoms with Crippen LogP contribution in [-0.2, 0) is 22.7 Å². The molecule has 2 amide bonds. The fraction of sp³-hybridized carbons (Fsp3) is 0.333. The number of carbonyl (C=O) groups excluding carboxylic acids is 2. The second-order valence-electron chi connectivity index (χ2n) is 9.77. The summed E-state index contributed by atoms with van der Waals surface area (Å²) in [5, 5.41) is 11.6. The Labute approximate surface area is 227 Å². The molecule has 39 heavy (non-hydrogen) atoms. The summed E-state index contributed by atoms with van der Waals surface area (Å²) in [6.45, 7) is 0.156. The van der Waals surface area contributed by atoms with Crippen LogP contribution < -0.4 is 14.8 Å². The topological polar surface area (TPSA) is 98.6 Å². The number of hydrogen-bond donors (Lipinski definition) is 1. The number of rotatable bonds is 10. The highest BCUT2D eigenvalue weighted by Gasteiger charge is 2.34. The average Bonchev–Trinajstić information content (AvgIpc) is 3.63. The number of benzene rings is 3. The lowest BCUT2D eigenvalue weighted by atomic mass is 10.0. The summed E-state index contributed by atoms with van der Waals surface area (Å²) in [5.74, 6) is 0.871. The summed E-state index contributed by atoms with van der Waals surface area (Å²) in [5.41, 5.74) is 3.00. The molecule has 0 radical (unpaired) electrons. The molecule has 0 saturated heterocycles. The first kappa shape index (κ1) is 26.2. The zero-order chi connectivity index (χ0) is 27.2. The third kappa shape index (κ3) is 6.03.